The highest BCUT2D eigenvalue weighted by molar-refractivity contribution is 6.18. The molecule has 2 aliphatic rings. The topological polar surface area (TPSA) is 129 Å². The first-order chi connectivity index (χ1) is 16.2. The van der Waals surface area contributed by atoms with Crippen molar-refractivity contribution in [1.82, 2.24) is 0 Å². The molecule has 0 unspecified atom stereocenters. The average molecular weight is 517 g/mol. The first kappa shape index (κ1) is 29.1. The quantitative estimate of drug-likeness (QED) is 0.242. The Morgan fingerprint density at radius 2 is 1.66 bits per heavy atom. The Kier molecular flexibility index (Phi) is 9.79. The predicted molar refractivity (Wildman–Crippen MR) is 127 cm³/mol. The molecular weight excluding hydrogens is 480 g/mol. The van der Waals surface area contributed by atoms with Crippen molar-refractivity contribution >= 4 is 29.5 Å². The van der Waals surface area contributed by atoms with Crippen LogP contribution in [-0.4, -0.2) is 64.2 Å². The summed E-state index contributed by atoms with van der Waals surface area (Å²) in [5, 5.41) is 21.4. The van der Waals surface area contributed by atoms with Crippen LogP contribution in [0.1, 0.15) is 60.8 Å². The van der Waals surface area contributed by atoms with Crippen LogP contribution in [0.25, 0.3) is 0 Å². The monoisotopic (exact) mass is 516 g/mol. The maximum absolute atomic E-state index is 12.4. The van der Waals surface area contributed by atoms with Gasteiger partial charge < -0.3 is 29.2 Å². The number of esters is 3. The summed E-state index contributed by atoms with van der Waals surface area (Å²) in [5.41, 5.74) is -2.24. The van der Waals surface area contributed by atoms with Gasteiger partial charge in [0.05, 0.1) is 30.1 Å². The van der Waals surface area contributed by atoms with Gasteiger partial charge in [-0.25, -0.2) is 0 Å². The van der Waals surface area contributed by atoms with E-state index in [9.17, 15) is 24.6 Å². The second-order valence-electron chi connectivity index (χ2n) is 10.6. The van der Waals surface area contributed by atoms with Gasteiger partial charge in [0.25, 0.3) is 6.29 Å². The molecule has 2 rings (SSSR count). The molecule has 0 saturated heterocycles. The Morgan fingerprint density at radius 3 is 2.17 bits per heavy atom. The van der Waals surface area contributed by atoms with Crippen molar-refractivity contribution in [2.24, 2.45) is 17.8 Å². The summed E-state index contributed by atoms with van der Waals surface area (Å²) in [5.74, 6) is -2.91. The van der Waals surface area contributed by atoms with E-state index in [0.717, 1.165) is 0 Å². The van der Waals surface area contributed by atoms with E-state index in [1.165, 1.54) is 26.2 Å². The van der Waals surface area contributed by atoms with Crippen molar-refractivity contribution < 1.29 is 43.5 Å². The highest BCUT2D eigenvalue weighted by Crippen LogP contribution is 2.47. The maximum Gasteiger partial charge on any atom is 0.309 e. The van der Waals surface area contributed by atoms with Gasteiger partial charge in [-0.15, -0.1) is 11.6 Å². The van der Waals surface area contributed by atoms with Gasteiger partial charge in [0, 0.05) is 18.4 Å². The minimum Gasteiger partial charge on any atom is -0.461 e. The van der Waals surface area contributed by atoms with Crippen molar-refractivity contribution in [2.45, 2.75) is 84.4 Å². The van der Waals surface area contributed by atoms with Crippen molar-refractivity contribution in [2.75, 3.05) is 12.5 Å². The lowest BCUT2D eigenvalue weighted by Gasteiger charge is -2.39. The van der Waals surface area contributed by atoms with Crippen LogP contribution in [0, 0.1) is 17.8 Å². The van der Waals surface area contributed by atoms with Gasteiger partial charge in [-0.05, 0) is 37.3 Å². The fourth-order valence-corrected chi connectivity index (χ4v) is 4.27. The summed E-state index contributed by atoms with van der Waals surface area (Å²) in [6.45, 7) is 10.2. The van der Waals surface area contributed by atoms with E-state index < -0.39 is 47.4 Å². The van der Waals surface area contributed by atoms with E-state index in [1.807, 2.05) is 27.7 Å². The number of halogens is 1. The van der Waals surface area contributed by atoms with E-state index in [0.29, 0.717) is 11.1 Å². The van der Waals surface area contributed by atoms with Crippen LogP contribution >= 0.6 is 11.6 Å². The molecular formula is C25H37ClO9. The third kappa shape index (κ3) is 7.95. The molecule has 2 N–H and O–H groups in total. The lowest BCUT2D eigenvalue weighted by Crippen LogP contribution is -2.54. The summed E-state index contributed by atoms with van der Waals surface area (Å²) >= 11 is 6.18. The van der Waals surface area contributed by atoms with Gasteiger partial charge in [0.1, 0.15) is 12.2 Å². The molecule has 1 aliphatic carbocycles. The van der Waals surface area contributed by atoms with Crippen LogP contribution in [0.4, 0.5) is 0 Å². The molecule has 0 bridgehead atoms. The van der Waals surface area contributed by atoms with Gasteiger partial charge >= 0.3 is 17.9 Å². The van der Waals surface area contributed by atoms with E-state index in [4.69, 9.17) is 30.5 Å². The first-order valence-corrected chi connectivity index (χ1v) is 12.3. The maximum atomic E-state index is 12.4. The summed E-state index contributed by atoms with van der Waals surface area (Å²) in [6, 6.07) is 0. The Hall–Kier alpha value is -2.10. The number of rotatable bonds is 11. The Morgan fingerprint density at radius 1 is 1.09 bits per heavy atom. The molecule has 198 valence electrons. The zero-order valence-corrected chi connectivity index (χ0v) is 22.0. The fraction of sp³-hybridized carbons (Fsp3) is 0.720. The molecule has 1 heterocycles. The number of ether oxygens (including phenoxy) is 4. The molecule has 4 atom stereocenters. The summed E-state index contributed by atoms with van der Waals surface area (Å²) in [7, 11) is 0. The summed E-state index contributed by atoms with van der Waals surface area (Å²) in [6.07, 6.45) is 0.537. The number of fused-ring (bicyclic) bond motifs is 1. The molecule has 9 nitrogen and oxygen atoms in total. The molecule has 0 radical (unpaired) electrons. The van der Waals surface area contributed by atoms with Crippen LogP contribution in [-0.2, 0) is 33.3 Å². The highest BCUT2D eigenvalue weighted by Gasteiger charge is 2.58. The zero-order chi connectivity index (χ0) is 26.6. The molecule has 0 amide bonds. The standard InChI is InChI=1S/C25H37ClO9/c1-14(2)7-19(27)34-18-9-17-16(11-32-21(29)10-24(5,6)30)12-33-23(22(17)25(18,31)13-26)35-20(28)8-15(3)4/h9,12,14-15,18,22-23,30-31H,7-8,10-11,13H2,1-6H3/t18-,22+,23-,25+/m0/s1. The van der Waals surface area contributed by atoms with Crippen LogP contribution < -0.4 is 0 Å². The summed E-state index contributed by atoms with van der Waals surface area (Å²) in [4.78, 5) is 36.9. The largest absolute Gasteiger partial charge is 0.461 e. The Balaban J connectivity index is 2.33. The molecule has 0 spiro atoms. The fourth-order valence-electron chi connectivity index (χ4n) is 3.95. The SMILES string of the molecule is CC(C)CC(=O)O[C@@H]1OC=C(COC(=O)CC(C)(C)O)C2=C[C@H](OC(=O)CC(C)C)[C@](O)(CCl)[C@H]21. The van der Waals surface area contributed by atoms with Crippen LogP contribution in [0.2, 0.25) is 0 Å². The third-order valence-electron chi connectivity index (χ3n) is 5.52. The number of hydrogen-bond acceptors (Lipinski definition) is 9. The third-order valence-corrected chi connectivity index (χ3v) is 5.95. The normalized spacial score (nSPS) is 26.0. The average Bonchev–Trinajstić information content (AvgIpc) is 2.98. The van der Waals surface area contributed by atoms with Crippen molar-refractivity contribution in [1.29, 1.82) is 0 Å². The zero-order valence-electron chi connectivity index (χ0n) is 21.2. The highest BCUT2D eigenvalue weighted by atomic mass is 35.5. The van der Waals surface area contributed by atoms with Crippen LogP contribution in [0.5, 0.6) is 0 Å². The smallest absolute Gasteiger partial charge is 0.309 e. The number of aliphatic hydroxyl groups is 2. The van der Waals surface area contributed by atoms with Gasteiger partial charge in [0.2, 0.25) is 0 Å². The van der Waals surface area contributed by atoms with Gasteiger partial charge in [-0.1, -0.05) is 27.7 Å². The predicted octanol–water partition coefficient (Wildman–Crippen LogP) is 3.00. The van der Waals surface area contributed by atoms with Gasteiger partial charge in [-0.3, -0.25) is 14.4 Å². The number of carbonyl (C=O) groups excluding carboxylic acids is 3. The molecule has 1 aliphatic heterocycles. The van der Waals surface area contributed by atoms with Gasteiger partial charge in [0.15, 0.2) is 6.10 Å². The molecule has 0 fully saturated rings. The molecule has 0 aromatic rings. The van der Waals surface area contributed by atoms with Crippen molar-refractivity contribution in [3.05, 3.63) is 23.5 Å². The first-order valence-electron chi connectivity index (χ1n) is 11.8. The second-order valence-corrected chi connectivity index (χ2v) is 10.9. The van der Waals surface area contributed by atoms with E-state index in [2.05, 4.69) is 0 Å². The number of alkyl halides is 1. The van der Waals surface area contributed by atoms with E-state index >= 15 is 0 Å². The number of hydrogen-bond donors (Lipinski definition) is 2. The molecule has 0 saturated carbocycles. The van der Waals surface area contributed by atoms with Crippen molar-refractivity contribution in [3.8, 4) is 0 Å². The molecule has 0 aromatic carbocycles. The van der Waals surface area contributed by atoms with E-state index in [1.54, 1.807) is 0 Å². The Labute approximate surface area is 211 Å². The summed E-state index contributed by atoms with van der Waals surface area (Å²) < 4.78 is 22.0. The Bertz CT molecular complexity index is 855. The lowest BCUT2D eigenvalue weighted by atomic mass is 9.82. The van der Waals surface area contributed by atoms with Gasteiger partial charge in [-0.2, -0.15) is 0 Å². The van der Waals surface area contributed by atoms with Crippen molar-refractivity contribution in [3.63, 3.8) is 0 Å². The lowest BCUT2D eigenvalue weighted by molar-refractivity contribution is -0.203. The van der Waals surface area contributed by atoms with Crippen LogP contribution in [0.15, 0.2) is 23.5 Å². The minimum atomic E-state index is -1.83. The molecule has 35 heavy (non-hydrogen) atoms. The minimum absolute atomic E-state index is 0.0432. The number of carbonyl (C=O) groups is 3. The molecule has 0 aromatic heterocycles. The van der Waals surface area contributed by atoms with Crippen LogP contribution in [0.3, 0.4) is 0 Å². The molecule has 10 heteroatoms. The van der Waals surface area contributed by atoms with E-state index in [-0.39, 0.29) is 43.6 Å². The second kappa shape index (κ2) is 11.8.